The number of aliphatic hydroxyl groups excluding tert-OH is 1. The first-order chi connectivity index (χ1) is 12.6. The first-order valence-electron chi connectivity index (χ1n) is 10.5. The lowest BCUT2D eigenvalue weighted by atomic mass is 9.73. The van der Waals surface area contributed by atoms with Crippen molar-refractivity contribution in [3.8, 4) is 0 Å². The lowest BCUT2D eigenvalue weighted by Crippen LogP contribution is -2.44. The molecule has 6 nitrogen and oxygen atoms in total. The number of nitrogens with zero attached hydrogens (tertiary/aromatic N) is 2. The SMILES string of the molecule is CCNC(=NCC1(C)CCCCC1O)NCC1CCN(CCOC)CC1.I. The van der Waals surface area contributed by atoms with Gasteiger partial charge in [-0.3, -0.25) is 4.99 Å². The molecule has 27 heavy (non-hydrogen) atoms. The number of likely N-dealkylation sites (tertiary alicyclic amines) is 1. The van der Waals surface area contributed by atoms with Crippen molar-refractivity contribution >= 4 is 29.9 Å². The van der Waals surface area contributed by atoms with E-state index in [0.717, 1.165) is 64.6 Å². The highest BCUT2D eigenvalue weighted by atomic mass is 127. The minimum absolute atomic E-state index is 0. The Balaban J connectivity index is 0.00000364. The predicted octanol–water partition coefficient (Wildman–Crippen LogP) is 2.46. The quantitative estimate of drug-likeness (QED) is 0.274. The Bertz CT molecular complexity index is 430. The number of hydrogen-bond acceptors (Lipinski definition) is 4. The van der Waals surface area contributed by atoms with Crippen LogP contribution in [0.25, 0.3) is 0 Å². The molecule has 2 unspecified atom stereocenters. The average Bonchev–Trinajstić information content (AvgIpc) is 2.66. The van der Waals surface area contributed by atoms with Gasteiger partial charge in [0.15, 0.2) is 5.96 Å². The summed E-state index contributed by atoms with van der Waals surface area (Å²) in [5.74, 6) is 1.60. The maximum absolute atomic E-state index is 10.4. The van der Waals surface area contributed by atoms with Crippen LogP contribution >= 0.6 is 24.0 Å². The van der Waals surface area contributed by atoms with Gasteiger partial charge in [-0.15, -0.1) is 24.0 Å². The summed E-state index contributed by atoms with van der Waals surface area (Å²) >= 11 is 0. The number of halogens is 1. The van der Waals surface area contributed by atoms with Crippen molar-refractivity contribution in [2.45, 2.75) is 58.5 Å². The van der Waals surface area contributed by atoms with Gasteiger partial charge < -0.3 is 25.4 Å². The van der Waals surface area contributed by atoms with E-state index in [1.54, 1.807) is 7.11 Å². The molecular weight excluding hydrogens is 455 g/mol. The molecule has 160 valence electrons. The molecule has 1 aliphatic carbocycles. The highest BCUT2D eigenvalue weighted by Crippen LogP contribution is 2.36. The maximum Gasteiger partial charge on any atom is 0.191 e. The second-order valence-electron chi connectivity index (χ2n) is 8.27. The number of nitrogens with one attached hydrogen (secondary N) is 2. The maximum atomic E-state index is 10.4. The van der Waals surface area contributed by atoms with Crippen molar-refractivity contribution in [3.05, 3.63) is 0 Å². The van der Waals surface area contributed by atoms with E-state index in [1.807, 2.05) is 0 Å². The number of piperidine rings is 1. The van der Waals surface area contributed by atoms with Crippen molar-refractivity contribution in [3.63, 3.8) is 0 Å². The van der Waals surface area contributed by atoms with E-state index in [-0.39, 0.29) is 35.5 Å². The zero-order valence-electron chi connectivity index (χ0n) is 17.5. The fourth-order valence-corrected chi connectivity index (χ4v) is 4.04. The molecule has 2 atom stereocenters. The lowest BCUT2D eigenvalue weighted by Gasteiger charge is -2.37. The lowest BCUT2D eigenvalue weighted by molar-refractivity contribution is 0.00716. The number of ether oxygens (including phenoxy) is 1. The Kier molecular flexibility index (Phi) is 12.2. The van der Waals surface area contributed by atoms with Crippen LogP contribution in [0.15, 0.2) is 4.99 Å². The summed E-state index contributed by atoms with van der Waals surface area (Å²) in [6, 6.07) is 0. The molecule has 0 bridgehead atoms. The summed E-state index contributed by atoms with van der Waals surface area (Å²) in [6.07, 6.45) is 6.56. The largest absolute Gasteiger partial charge is 0.392 e. The van der Waals surface area contributed by atoms with Crippen LogP contribution in [0.2, 0.25) is 0 Å². The Morgan fingerprint density at radius 3 is 2.59 bits per heavy atom. The summed E-state index contributed by atoms with van der Waals surface area (Å²) in [4.78, 5) is 7.30. The molecule has 0 aromatic rings. The van der Waals surface area contributed by atoms with Crippen LogP contribution in [0.3, 0.4) is 0 Å². The van der Waals surface area contributed by atoms with Gasteiger partial charge in [0.1, 0.15) is 0 Å². The van der Waals surface area contributed by atoms with Gasteiger partial charge in [-0.2, -0.15) is 0 Å². The zero-order valence-corrected chi connectivity index (χ0v) is 19.8. The van der Waals surface area contributed by atoms with Crippen molar-refractivity contribution in [1.82, 2.24) is 15.5 Å². The standard InChI is InChI=1S/C20H40N4O2.HI/c1-4-21-19(23-16-20(2)10-6-5-7-18(20)25)22-15-17-8-11-24(12-9-17)13-14-26-3;/h17-18,25H,4-16H2,1-3H3,(H2,21,22,23);1H. The summed E-state index contributed by atoms with van der Waals surface area (Å²) in [7, 11) is 1.77. The Morgan fingerprint density at radius 2 is 1.96 bits per heavy atom. The molecule has 3 N–H and O–H groups in total. The molecule has 0 aromatic carbocycles. The second-order valence-corrected chi connectivity index (χ2v) is 8.27. The fourth-order valence-electron chi connectivity index (χ4n) is 4.04. The molecule has 1 aliphatic heterocycles. The first-order valence-corrected chi connectivity index (χ1v) is 10.5. The van der Waals surface area contributed by atoms with Crippen LogP contribution < -0.4 is 10.6 Å². The molecule has 0 spiro atoms. The molecule has 7 heteroatoms. The summed E-state index contributed by atoms with van der Waals surface area (Å²) in [6.45, 7) is 11.0. The van der Waals surface area contributed by atoms with Gasteiger partial charge in [0, 0.05) is 32.2 Å². The van der Waals surface area contributed by atoms with Crippen molar-refractivity contribution in [2.24, 2.45) is 16.3 Å². The minimum atomic E-state index is -0.223. The van der Waals surface area contributed by atoms with Gasteiger partial charge in [-0.05, 0) is 51.6 Å². The summed E-state index contributed by atoms with van der Waals surface area (Å²) < 4.78 is 5.17. The monoisotopic (exact) mass is 496 g/mol. The van der Waals surface area contributed by atoms with Gasteiger partial charge in [0.25, 0.3) is 0 Å². The van der Waals surface area contributed by atoms with Gasteiger partial charge in [0.2, 0.25) is 0 Å². The van der Waals surface area contributed by atoms with Gasteiger partial charge >= 0.3 is 0 Å². The van der Waals surface area contributed by atoms with Crippen molar-refractivity contribution < 1.29 is 9.84 Å². The number of methoxy groups -OCH3 is 1. The zero-order chi connectivity index (χ0) is 18.8. The van der Waals surface area contributed by atoms with Crippen LogP contribution in [0.5, 0.6) is 0 Å². The smallest absolute Gasteiger partial charge is 0.191 e. The third-order valence-corrected chi connectivity index (χ3v) is 6.10. The minimum Gasteiger partial charge on any atom is -0.392 e. The topological polar surface area (TPSA) is 69.1 Å². The molecule has 2 aliphatic rings. The highest BCUT2D eigenvalue weighted by Gasteiger charge is 2.35. The fraction of sp³-hybridized carbons (Fsp3) is 0.950. The van der Waals surface area contributed by atoms with E-state index >= 15 is 0 Å². The van der Waals surface area contributed by atoms with E-state index in [1.165, 1.54) is 19.3 Å². The number of rotatable bonds is 8. The predicted molar refractivity (Wildman–Crippen MR) is 123 cm³/mol. The number of aliphatic hydroxyl groups is 1. The van der Waals surface area contributed by atoms with Crippen LogP contribution in [0.4, 0.5) is 0 Å². The van der Waals surface area contributed by atoms with E-state index in [0.29, 0.717) is 12.5 Å². The second kappa shape index (κ2) is 13.2. The normalized spacial score (nSPS) is 27.9. The van der Waals surface area contributed by atoms with E-state index < -0.39 is 0 Å². The Labute approximate surface area is 182 Å². The number of aliphatic imine (C=N–C) groups is 1. The van der Waals surface area contributed by atoms with E-state index in [2.05, 4.69) is 29.4 Å². The first kappa shape index (κ1) is 24.9. The molecule has 2 fully saturated rings. The van der Waals surface area contributed by atoms with Crippen LogP contribution in [-0.2, 0) is 4.74 Å². The number of hydrogen-bond donors (Lipinski definition) is 3. The molecule has 1 heterocycles. The van der Waals surface area contributed by atoms with Crippen LogP contribution in [-0.4, -0.2) is 75.1 Å². The van der Waals surface area contributed by atoms with Crippen molar-refractivity contribution in [2.75, 3.05) is 53.0 Å². The van der Waals surface area contributed by atoms with Crippen LogP contribution in [0.1, 0.15) is 52.4 Å². The molecular formula is C20H41IN4O2. The summed E-state index contributed by atoms with van der Waals surface area (Å²) in [5.41, 5.74) is -0.0761. The number of guanidine groups is 1. The summed E-state index contributed by atoms with van der Waals surface area (Å²) in [5, 5.41) is 17.3. The highest BCUT2D eigenvalue weighted by molar-refractivity contribution is 14.0. The van der Waals surface area contributed by atoms with Crippen molar-refractivity contribution in [1.29, 1.82) is 0 Å². The molecule has 0 radical (unpaired) electrons. The molecule has 2 rings (SSSR count). The van der Waals surface area contributed by atoms with Gasteiger partial charge in [-0.25, -0.2) is 0 Å². The third kappa shape index (κ3) is 8.41. The molecule has 0 aromatic heterocycles. The Morgan fingerprint density at radius 1 is 1.22 bits per heavy atom. The third-order valence-electron chi connectivity index (χ3n) is 6.10. The Hall–Kier alpha value is -0.120. The van der Waals surface area contributed by atoms with E-state index in [4.69, 9.17) is 9.73 Å². The van der Waals surface area contributed by atoms with Crippen LogP contribution in [0, 0.1) is 11.3 Å². The molecule has 1 saturated carbocycles. The average molecular weight is 496 g/mol. The molecule has 0 amide bonds. The van der Waals surface area contributed by atoms with E-state index in [9.17, 15) is 5.11 Å². The van der Waals surface area contributed by atoms with Gasteiger partial charge in [-0.1, -0.05) is 19.8 Å². The molecule has 1 saturated heterocycles. The van der Waals surface area contributed by atoms with Gasteiger partial charge in [0.05, 0.1) is 19.3 Å².